The van der Waals surface area contributed by atoms with Crippen LogP contribution in [-0.2, 0) is 19.7 Å². The van der Waals surface area contributed by atoms with Gasteiger partial charge >= 0.3 is 0 Å². The van der Waals surface area contributed by atoms with Crippen molar-refractivity contribution in [1.29, 1.82) is 0 Å². The first-order valence-corrected chi connectivity index (χ1v) is 6.77. The minimum atomic E-state index is 0.471. The average Bonchev–Trinajstić information content (AvgIpc) is 2.92. The van der Waals surface area contributed by atoms with Gasteiger partial charge in [-0.15, -0.1) is 0 Å². The summed E-state index contributed by atoms with van der Waals surface area (Å²) in [6, 6.07) is 5.74. The van der Waals surface area contributed by atoms with Gasteiger partial charge in [-0.1, -0.05) is 13.0 Å². The number of nitrogens with zero attached hydrogens (tertiary/aromatic N) is 2. The topological polar surface area (TPSA) is 62.3 Å². The van der Waals surface area contributed by atoms with Crippen molar-refractivity contribution in [2.24, 2.45) is 5.73 Å². The zero-order valence-corrected chi connectivity index (χ0v) is 12.0. The van der Waals surface area contributed by atoms with Gasteiger partial charge < -0.3 is 19.8 Å². The standard InChI is InChI=1S/C15H21N3O2/c1-3-6-18-11-17-9-13(18)10-20-14-5-4-12(8-16)7-15(14)19-2/h4-5,7,9,11H,3,6,8,10,16H2,1-2H3. The lowest BCUT2D eigenvalue weighted by Crippen LogP contribution is -2.06. The van der Waals surface area contributed by atoms with Crippen LogP contribution in [0.1, 0.15) is 24.6 Å². The van der Waals surface area contributed by atoms with Crippen LogP contribution < -0.4 is 15.2 Å². The number of benzene rings is 1. The van der Waals surface area contributed by atoms with Crippen molar-refractivity contribution in [2.45, 2.75) is 33.0 Å². The molecule has 0 atom stereocenters. The third-order valence-electron chi connectivity index (χ3n) is 3.10. The largest absolute Gasteiger partial charge is 0.493 e. The monoisotopic (exact) mass is 275 g/mol. The first-order chi connectivity index (χ1) is 9.78. The van der Waals surface area contributed by atoms with Gasteiger partial charge in [0, 0.05) is 13.1 Å². The molecule has 0 unspecified atom stereocenters. The summed E-state index contributed by atoms with van der Waals surface area (Å²) in [5, 5.41) is 0. The first-order valence-electron chi connectivity index (χ1n) is 6.77. The number of imidazole rings is 1. The number of rotatable bonds is 7. The fourth-order valence-corrected chi connectivity index (χ4v) is 2.02. The Balaban J connectivity index is 2.08. The van der Waals surface area contributed by atoms with Crippen LogP contribution >= 0.6 is 0 Å². The van der Waals surface area contributed by atoms with Crippen LogP contribution in [0.3, 0.4) is 0 Å². The normalized spacial score (nSPS) is 10.6. The van der Waals surface area contributed by atoms with Crippen molar-refractivity contribution in [1.82, 2.24) is 9.55 Å². The highest BCUT2D eigenvalue weighted by molar-refractivity contribution is 5.42. The van der Waals surface area contributed by atoms with Crippen LogP contribution in [-0.4, -0.2) is 16.7 Å². The predicted molar refractivity (Wildman–Crippen MR) is 77.7 cm³/mol. The van der Waals surface area contributed by atoms with Gasteiger partial charge in [0.25, 0.3) is 0 Å². The Labute approximate surface area is 119 Å². The number of hydrogen-bond acceptors (Lipinski definition) is 4. The molecule has 2 rings (SSSR count). The molecule has 0 aliphatic carbocycles. The summed E-state index contributed by atoms with van der Waals surface area (Å²) in [6.07, 6.45) is 4.73. The van der Waals surface area contributed by atoms with Gasteiger partial charge in [-0.3, -0.25) is 0 Å². The second kappa shape index (κ2) is 6.96. The number of ether oxygens (including phenoxy) is 2. The maximum absolute atomic E-state index is 5.83. The zero-order chi connectivity index (χ0) is 14.4. The van der Waals surface area contributed by atoms with Gasteiger partial charge in [-0.25, -0.2) is 4.98 Å². The Morgan fingerprint density at radius 3 is 2.85 bits per heavy atom. The highest BCUT2D eigenvalue weighted by Gasteiger charge is 2.07. The SMILES string of the molecule is CCCn1cncc1COc1ccc(CN)cc1OC. The lowest BCUT2D eigenvalue weighted by Gasteiger charge is -2.12. The Bertz CT molecular complexity index is 552. The quantitative estimate of drug-likeness (QED) is 0.842. The molecule has 1 heterocycles. The van der Waals surface area contributed by atoms with E-state index in [1.807, 2.05) is 30.7 Å². The number of nitrogens with two attached hydrogens (primary N) is 1. The molecular formula is C15H21N3O2. The molecule has 0 aliphatic rings. The summed E-state index contributed by atoms with van der Waals surface area (Å²) in [5.41, 5.74) is 7.69. The van der Waals surface area contributed by atoms with Gasteiger partial charge in [0.15, 0.2) is 11.5 Å². The van der Waals surface area contributed by atoms with E-state index in [1.54, 1.807) is 7.11 Å². The number of methoxy groups -OCH3 is 1. The second-order valence-electron chi connectivity index (χ2n) is 4.56. The fourth-order valence-electron chi connectivity index (χ4n) is 2.02. The van der Waals surface area contributed by atoms with E-state index in [9.17, 15) is 0 Å². The van der Waals surface area contributed by atoms with E-state index in [4.69, 9.17) is 15.2 Å². The summed E-state index contributed by atoms with van der Waals surface area (Å²) in [4.78, 5) is 4.16. The highest BCUT2D eigenvalue weighted by Crippen LogP contribution is 2.28. The average molecular weight is 275 g/mol. The number of aryl methyl sites for hydroxylation is 1. The van der Waals surface area contributed by atoms with Crippen molar-refractivity contribution in [2.75, 3.05) is 7.11 Å². The Morgan fingerprint density at radius 1 is 1.30 bits per heavy atom. The van der Waals surface area contributed by atoms with Crippen molar-refractivity contribution in [3.8, 4) is 11.5 Å². The van der Waals surface area contributed by atoms with E-state index in [1.165, 1.54) is 0 Å². The van der Waals surface area contributed by atoms with Gasteiger partial charge in [0.2, 0.25) is 0 Å². The maximum atomic E-state index is 5.83. The van der Waals surface area contributed by atoms with Gasteiger partial charge in [-0.2, -0.15) is 0 Å². The highest BCUT2D eigenvalue weighted by atomic mass is 16.5. The molecule has 0 amide bonds. The molecule has 2 N–H and O–H groups in total. The molecule has 0 saturated carbocycles. The minimum Gasteiger partial charge on any atom is -0.493 e. The van der Waals surface area contributed by atoms with Crippen molar-refractivity contribution >= 4 is 0 Å². The number of hydrogen-bond donors (Lipinski definition) is 1. The minimum absolute atomic E-state index is 0.471. The third kappa shape index (κ3) is 3.30. The van der Waals surface area contributed by atoms with Crippen LogP contribution in [0.15, 0.2) is 30.7 Å². The Morgan fingerprint density at radius 2 is 2.15 bits per heavy atom. The molecule has 0 saturated heterocycles. The van der Waals surface area contributed by atoms with Crippen molar-refractivity contribution in [3.63, 3.8) is 0 Å². The van der Waals surface area contributed by atoms with Crippen LogP contribution in [0.4, 0.5) is 0 Å². The summed E-state index contributed by atoms with van der Waals surface area (Å²) >= 11 is 0. The molecule has 2 aromatic rings. The van der Waals surface area contributed by atoms with E-state index in [0.717, 1.165) is 24.2 Å². The lowest BCUT2D eigenvalue weighted by molar-refractivity contribution is 0.275. The fraction of sp³-hybridized carbons (Fsp3) is 0.400. The van der Waals surface area contributed by atoms with Gasteiger partial charge in [-0.05, 0) is 24.1 Å². The molecular weight excluding hydrogens is 254 g/mol. The van der Waals surface area contributed by atoms with Crippen LogP contribution in [0.25, 0.3) is 0 Å². The van der Waals surface area contributed by atoms with E-state index in [-0.39, 0.29) is 0 Å². The Hall–Kier alpha value is -2.01. The first kappa shape index (κ1) is 14.4. The molecule has 5 heteroatoms. The molecule has 0 aliphatic heterocycles. The van der Waals surface area contributed by atoms with E-state index < -0.39 is 0 Å². The summed E-state index contributed by atoms with van der Waals surface area (Å²) in [6.45, 7) is 4.04. The van der Waals surface area contributed by atoms with Crippen LogP contribution in [0.5, 0.6) is 11.5 Å². The van der Waals surface area contributed by atoms with Gasteiger partial charge in [0.1, 0.15) is 6.61 Å². The van der Waals surface area contributed by atoms with Crippen molar-refractivity contribution < 1.29 is 9.47 Å². The van der Waals surface area contributed by atoms with Crippen molar-refractivity contribution in [3.05, 3.63) is 42.0 Å². The zero-order valence-electron chi connectivity index (χ0n) is 12.0. The lowest BCUT2D eigenvalue weighted by atomic mass is 10.2. The molecule has 0 fully saturated rings. The van der Waals surface area contributed by atoms with E-state index in [2.05, 4.69) is 16.5 Å². The van der Waals surface area contributed by atoms with Crippen LogP contribution in [0, 0.1) is 0 Å². The summed E-state index contributed by atoms with van der Waals surface area (Å²) in [7, 11) is 1.63. The molecule has 108 valence electrons. The molecule has 0 bridgehead atoms. The molecule has 1 aromatic heterocycles. The van der Waals surface area contributed by atoms with E-state index in [0.29, 0.717) is 24.7 Å². The smallest absolute Gasteiger partial charge is 0.161 e. The summed E-state index contributed by atoms with van der Waals surface area (Å²) in [5.74, 6) is 1.42. The molecule has 5 nitrogen and oxygen atoms in total. The number of aromatic nitrogens is 2. The van der Waals surface area contributed by atoms with Gasteiger partial charge in [0.05, 0.1) is 25.3 Å². The predicted octanol–water partition coefficient (Wildman–Crippen LogP) is 2.34. The molecule has 1 aromatic carbocycles. The molecule has 0 spiro atoms. The second-order valence-corrected chi connectivity index (χ2v) is 4.56. The molecule has 0 radical (unpaired) electrons. The Kier molecular flexibility index (Phi) is 5.01. The van der Waals surface area contributed by atoms with Crippen LogP contribution in [0.2, 0.25) is 0 Å². The third-order valence-corrected chi connectivity index (χ3v) is 3.10. The van der Waals surface area contributed by atoms with E-state index >= 15 is 0 Å². The summed E-state index contributed by atoms with van der Waals surface area (Å²) < 4.78 is 13.3. The molecule has 20 heavy (non-hydrogen) atoms. The maximum Gasteiger partial charge on any atom is 0.161 e.